The number of carbonyl (C=O) groups is 1. The van der Waals surface area contributed by atoms with Crippen LogP contribution >= 0.6 is 7.60 Å². The predicted octanol–water partition coefficient (Wildman–Crippen LogP) is 1.76. The fourth-order valence-electron chi connectivity index (χ4n) is 0.787. The van der Waals surface area contributed by atoms with Crippen molar-refractivity contribution in [2.75, 3.05) is 26.0 Å². The lowest BCUT2D eigenvalue weighted by Crippen LogP contribution is -2.13. The molecule has 17 heavy (non-hydrogen) atoms. The average Bonchev–Trinajstić information content (AvgIpc) is 2.31. The van der Waals surface area contributed by atoms with Gasteiger partial charge in [0.1, 0.15) is 6.16 Å². The van der Waals surface area contributed by atoms with E-state index in [1.54, 1.807) is 0 Å². The van der Waals surface area contributed by atoms with Gasteiger partial charge in [0.2, 0.25) is 0 Å². The molecule has 5 nitrogen and oxygen atoms in total. The molecule has 0 saturated carbocycles. The average molecular weight is 258 g/mol. The zero-order valence-electron chi connectivity index (χ0n) is 9.46. The van der Waals surface area contributed by atoms with Gasteiger partial charge >= 0.3 is 13.6 Å². The lowest BCUT2D eigenvalue weighted by Gasteiger charge is -2.15. The first-order valence-electron chi connectivity index (χ1n) is 4.77. The summed E-state index contributed by atoms with van der Waals surface area (Å²) in [6.45, 7) is 6.66. The van der Waals surface area contributed by atoms with Crippen LogP contribution in [0.5, 0.6) is 0 Å². The fraction of sp³-hybridized carbons (Fsp3) is 0.364. The van der Waals surface area contributed by atoms with Gasteiger partial charge in [-0.25, -0.2) is 0 Å². The molecule has 0 aliphatic carbocycles. The van der Waals surface area contributed by atoms with Gasteiger partial charge in [-0.15, -0.1) is 19.6 Å². The molecule has 0 radical (unpaired) electrons. The van der Waals surface area contributed by atoms with Crippen LogP contribution < -0.4 is 0 Å². The van der Waals surface area contributed by atoms with E-state index >= 15 is 0 Å². The molecule has 0 aliphatic heterocycles. The Labute approximate surface area is 101 Å². The molecule has 0 aromatic carbocycles. The third-order valence-corrected chi connectivity index (χ3v) is 3.15. The van der Waals surface area contributed by atoms with Crippen LogP contribution in [0.25, 0.3) is 0 Å². The van der Waals surface area contributed by atoms with Gasteiger partial charge in [0, 0.05) is 0 Å². The Morgan fingerprint density at radius 1 is 1.29 bits per heavy atom. The first kappa shape index (κ1) is 15.7. The zero-order valence-corrected chi connectivity index (χ0v) is 10.4. The number of hydrogen-bond acceptors (Lipinski definition) is 5. The topological polar surface area (TPSA) is 61.8 Å². The van der Waals surface area contributed by atoms with Crippen LogP contribution in [0.1, 0.15) is 0 Å². The summed E-state index contributed by atoms with van der Waals surface area (Å²) in [6, 6.07) is 0. The molecular formula is C11H15O5P. The van der Waals surface area contributed by atoms with E-state index in [1.165, 1.54) is 12.2 Å². The molecule has 0 unspecified atom stereocenters. The highest BCUT2D eigenvalue weighted by molar-refractivity contribution is 7.54. The third-order valence-electron chi connectivity index (χ3n) is 1.42. The van der Waals surface area contributed by atoms with Crippen molar-refractivity contribution in [2.45, 2.75) is 0 Å². The van der Waals surface area contributed by atoms with Crippen LogP contribution in [-0.2, 0) is 23.1 Å². The molecule has 0 rings (SSSR count). The Hall–Kier alpha value is -1.34. The van der Waals surface area contributed by atoms with Crippen LogP contribution in [0.15, 0.2) is 25.3 Å². The van der Waals surface area contributed by atoms with Crippen LogP contribution in [0.2, 0.25) is 0 Å². The second-order valence-electron chi connectivity index (χ2n) is 2.80. The first-order valence-corrected chi connectivity index (χ1v) is 6.49. The van der Waals surface area contributed by atoms with Gasteiger partial charge in [-0.3, -0.25) is 9.36 Å². The van der Waals surface area contributed by atoms with Gasteiger partial charge in [-0.05, 0) is 0 Å². The van der Waals surface area contributed by atoms with Gasteiger partial charge in [0.05, 0.1) is 13.2 Å². The highest BCUT2D eigenvalue weighted by Crippen LogP contribution is 2.47. The summed E-state index contributed by atoms with van der Waals surface area (Å²) in [4.78, 5) is 11.2. The predicted molar refractivity (Wildman–Crippen MR) is 64.6 cm³/mol. The first-order chi connectivity index (χ1) is 8.08. The summed E-state index contributed by atoms with van der Waals surface area (Å²) in [6.07, 6.45) is 7.22. The zero-order chi connectivity index (χ0) is 13.1. The van der Waals surface area contributed by atoms with Crippen molar-refractivity contribution in [1.82, 2.24) is 0 Å². The molecule has 6 heteroatoms. The maximum atomic E-state index is 12.0. The molecule has 0 amide bonds. The fourth-order valence-corrected chi connectivity index (χ4v) is 2.12. The SMILES string of the molecule is C#CCOC(=O)CP(=O)(OCC=C)OCC=C. The molecule has 0 N–H and O–H groups in total. The molecule has 0 atom stereocenters. The maximum Gasteiger partial charge on any atom is 0.342 e. The van der Waals surface area contributed by atoms with E-state index in [0.29, 0.717) is 0 Å². The van der Waals surface area contributed by atoms with E-state index < -0.39 is 19.7 Å². The number of esters is 1. The molecule has 0 saturated heterocycles. The van der Waals surface area contributed by atoms with Gasteiger partial charge in [-0.1, -0.05) is 18.1 Å². The van der Waals surface area contributed by atoms with E-state index in [1.807, 2.05) is 0 Å². The minimum Gasteiger partial charge on any atom is -0.452 e. The normalized spacial score (nSPS) is 10.3. The summed E-state index contributed by atoms with van der Waals surface area (Å²) in [5.74, 6) is 1.39. The molecule has 0 aromatic heterocycles. The highest BCUT2D eigenvalue weighted by atomic mass is 31.2. The largest absolute Gasteiger partial charge is 0.452 e. The summed E-state index contributed by atoms with van der Waals surface area (Å²) >= 11 is 0. The lowest BCUT2D eigenvalue weighted by atomic mass is 10.7. The Bertz CT molecular complexity index is 339. The summed E-state index contributed by atoms with van der Waals surface area (Å²) in [7, 11) is -3.53. The number of terminal acetylenes is 1. The van der Waals surface area contributed by atoms with Gasteiger partial charge in [0.15, 0.2) is 6.61 Å². The van der Waals surface area contributed by atoms with Crippen LogP contribution in [0, 0.1) is 12.3 Å². The Kier molecular flexibility index (Phi) is 8.08. The molecule has 0 aliphatic rings. The van der Waals surface area contributed by atoms with E-state index in [-0.39, 0.29) is 19.8 Å². The molecule has 0 fully saturated rings. The summed E-state index contributed by atoms with van der Waals surface area (Å²) in [5, 5.41) is 0. The van der Waals surface area contributed by atoms with Gasteiger partial charge in [-0.2, -0.15) is 0 Å². The van der Waals surface area contributed by atoms with Crippen molar-refractivity contribution < 1.29 is 23.1 Å². The standard InChI is InChI=1S/C11H15O5P/c1-4-7-14-11(12)10-17(13,15-8-5-2)16-9-6-3/h1,5-6H,2-3,7-10H2. The number of rotatable bonds is 9. The Morgan fingerprint density at radius 3 is 2.24 bits per heavy atom. The van der Waals surface area contributed by atoms with Crippen molar-refractivity contribution >= 4 is 13.6 Å². The Morgan fingerprint density at radius 2 is 1.82 bits per heavy atom. The highest BCUT2D eigenvalue weighted by Gasteiger charge is 2.28. The van der Waals surface area contributed by atoms with Crippen molar-refractivity contribution in [3.8, 4) is 12.3 Å². The van der Waals surface area contributed by atoms with Crippen LogP contribution in [0.3, 0.4) is 0 Å². The third kappa shape index (κ3) is 7.53. The second kappa shape index (κ2) is 8.77. The van der Waals surface area contributed by atoms with Crippen molar-refractivity contribution in [2.24, 2.45) is 0 Å². The maximum absolute atomic E-state index is 12.0. The van der Waals surface area contributed by atoms with E-state index in [2.05, 4.69) is 23.8 Å². The number of ether oxygens (including phenoxy) is 1. The summed E-state index contributed by atoms with van der Waals surface area (Å²) in [5.41, 5.74) is 0. The van der Waals surface area contributed by atoms with E-state index in [4.69, 9.17) is 15.5 Å². The molecule has 0 heterocycles. The monoisotopic (exact) mass is 258 g/mol. The smallest absolute Gasteiger partial charge is 0.342 e. The van der Waals surface area contributed by atoms with Crippen molar-refractivity contribution in [1.29, 1.82) is 0 Å². The van der Waals surface area contributed by atoms with Gasteiger partial charge < -0.3 is 13.8 Å². The number of hydrogen-bond donors (Lipinski definition) is 0. The van der Waals surface area contributed by atoms with Crippen LogP contribution in [-0.4, -0.2) is 32.0 Å². The second-order valence-corrected chi connectivity index (χ2v) is 4.86. The summed E-state index contributed by atoms with van der Waals surface area (Å²) < 4.78 is 26.5. The molecule has 0 aromatic rings. The molecule has 0 bridgehead atoms. The minimum atomic E-state index is -3.53. The molecule has 0 spiro atoms. The van der Waals surface area contributed by atoms with E-state index in [0.717, 1.165) is 0 Å². The molecular weight excluding hydrogens is 243 g/mol. The van der Waals surface area contributed by atoms with Gasteiger partial charge in [0.25, 0.3) is 0 Å². The van der Waals surface area contributed by atoms with Crippen molar-refractivity contribution in [3.63, 3.8) is 0 Å². The lowest BCUT2D eigenvalue weighted by molar-refractivity contribution is -0.139. The van der Waals surface area contributed by atoms with Crippen molar-refractivity contribution in [3.05, 3.63) is 25.3 Å². The minimum absolute atomic E-state index is 0.0108. The quantitative estimate of drug-likeness (QED) is 0.273. The molecule has 94 valence electrons. The number of carbonyl (C=O) groups excluding carboxylic acids is 1. The van der Waals surface area contributed by atoms with E-state index in [9.17, 15) is 9.36 Å². The Balaban J connectivity index is 4.41. The van der Waals surface area contributed by atoms with Crippen LogP contribution in [0.4, 0.5) is 0 Å².